The van der Waals surface area contributed by atoms with E-state index in [-0.39, 0.29) is 17.5 Å². The minimum absolute atomic E-state index is 0.175. The van der Waals surface area contributed by atoms with Crippen molar-refractivity contribution >= 4 is 17.9 Å². The number of aliphatic imine (C=N–C) groups is 1. The summed E-state index contributed by atoms with van der Waals surface area (Å²) < 4.78 is 4.89. The number of phenolic OH excluding ortho intramolecular Hbond substituents is 2. The molecule has 0 bridgehead atoms. The molecule has 0 unspecified atom stereocenters. The van der Waals surface area contributed by atoms with Gasteiger partial charge in [-0.15, -0.1) is 0 Å². The molecule has 5 heteroatoms. The number of aromatic hydroxyl groups is 2. The Morgan fingerprint density at radius 2 is 1.86 bits per heavy atom. The lowest BCUT2D eigenvalue weighted by Crippen LogP contribution is -2.03. The molecule has 0 aromatic heterocycles. The highest BCUT2D eigenvalue weighted by molar-refractivity contribution is 5.90. The summed E-state index contributed by atoms with van der Waals surface area (Å²) in [5.74, 6) is -0.737. The molecule has 0 spiro atoms. The Balaban J connectivity index is 2.10. The predicted molar refractivity (Wildman–Crippen MR) is 79.4 cm³/mol. The molecule has 2 rings (SSSR count). The molecule has 2 N–H and O–H groups in total. The fraction of sp³-hybridized carbons (Fsp3) is 0.125. The maximum atomic E-state index is 11.5. The van der Waals surface area contributed by atoms with Crippen LogP contribution in [-0.2, 0) is 4.74 Å². The first-order valence-electron chi connectivity index (χ1n) is 6.43. The van der Waals surface area contributed by atoms with Crippen molar-refractivity contribution < 1.29 is 19.7 Å². The monoisotopic (exact) mass is 285 g/mol. The van der Waals surface area contributed by atoms with Gasteiger partial charge in [0, 0.05) is 6.21 Å². The van der Waals surface area contributed by atoms with Crippen LogP contribution < -0.4 is 0 Å². The van der Waals surface area contributed by atoms with E-state index in [9.17, 15) is 15.0 Å². The second kappa shape index (κ2) is 6.56. The van der Waals surface area contributed by atoms with Crippen LogP contribution in [0.5, 0.6) is 11.5 Å². The van der Waals surface area contributed by atoms with Gasteiger partial charge >= 0.3 is 5.97 Å². The van der Waals surface area contributed by atoms with Gasteiger partial charge in [0.25, 0.3) is 0 Å². The van der Waals surface area contributed by atoms with Gasteiger partial charge < -0.3 is 14.9 Å². The summed E-state index contributed by atoms with van der Waals surface area (Å²) >= 11 is 0. The van der Waals surface area contributed by atoms with Gasteiger partial charge in [-0.05, 0) is 55.0 Å². The van der Waals surface area contributed by atoms with E-state index in [1.165, 1.54) is 12.1 Å². The molecule has 0 heterocycles. The van der Waals surface area contributed by atoms with E-state index < -0.39 is 0 Å². The van der Waals surface area contributed by atoms with Crippen LogP contribution in [-0.4, -0.2) is 29.0 Å². The van der Waals surface area contributed by atoms with Crippen LogP contribution in [0.15, 0.2) is 47.5 Å². The second-order valence-corrected chi connectivity index (χ2v) is 4.27. The molecule has 0 amide bonds. The molecule has 0 aliphatic carbocycles. The lowest BCUT2D eigenvalue weighted by Gasteiger charge is -2.01. The van der Waals surface area contributed by atoms with E-state index in [2.05, 4.69) is 4.99 Å². The largest absolute Gasteiger partial charge is 0.504 e. The predicted octanol–water partition coefficient (Wildman–Crippen LogP) is 3.03. The molecular formula is C16H15NO4. The van der Waals surface area contributed by atoms with E-state index in [4.69, 9.17) is 4.74 Å². The summed E-state index contributed by atoms with van der Waals surface area (Å²) in [6.07, 6.45) is 1.55. The Labute approximate surface area is 122 Å². The van der Waals surface area contributed by atoms with Crippen LogP contribution in [0.1, 0.15) is 22.8 Å². The van der Waals surface area contributed by atoms with Crippen LogP contribution in [0.2, 0.25) is 0 Å². The molecule has 5 nitrogen and oxygen atoms in total. The highest BCUT2D eigenvalue weighted by Gasteiger charge is 2.05. The summed E-state index contributed by atoms with van der Waals surface area (Å²) in [6, 6.07) is 11.1. The smallest absolute Gasteiger partial charge is 0.338 e. The van der Waals surface area contributed by atoms with Crippen molar-refractivity contribution in [1.82, 2.24) is 0 Å². The van der Waals surface area contributed by atoms with Gasteiger partial charge in [0.15, 0.2) is 11.5 Å². The Bertz CT molecular complexity index is 662. The molecule has 21 heavy (non-hydrogen) atoms. The number of carbonyl (C=O) groups excluding carboxylic acids is 1. The summed E-state index contributed by atoms with van der Waals surface area (Å²) in [5.41, 5.74) is 1.79. The van der Waals surface area contributed by atoms with Gasteiger partial charge in [0.2, 0.25) is 0 Å². The molecule has 0 fully saturated rings. The van der Waals surface area contributed by atoms with Crippen LogP contribution in [0.4, 0.5) is 5.69 Å². The van der Waals surface area contributed by atoms with Gasteiger partial charge in [-0.25, -0.2) is 4.79 Å². The number of phenols is 2. The van der Waals surface area contributed by atoms with Crippen LogP contribution in [0.25, 0.3) is 0 Å². The highest BCUT2D eigenvalue weighted by atomic mass is 16.5. The number of benzene rings is 2. The number of ether oxygens (including phenoxy) is 1. The SMILES string of the molecule is CCOC(=O)c1ccc(N=Cc2ccc(O)c(O)c2)cc1. The zero-order valence-corrected chi connectivity index (χ0v) is 11.5. The first-order chi connectivity index (χ1) is 10.1. The molecule has 0 saturated carbocycles. The normalized spacial score (nSPS) is 10.7. The quantitative estimate of drug-likeness (QED) is 0.514. The lowest BCUT2D eigenvalue weighted by molar-refractivity contribution is 0.0526. The van der Waals surface area contributed by atoms with E-state index in [1.54, 1.807) is 43.5 Å². The number of hydrogen-bond donors (Lipinski definition) is 2. The molecular weight excluding hydrogens is 270 g/mol. The number of carbonyl (C=O) groups is 1. The summed E-state index contributed by atoms with van der Waals surface area (Å²) in [7, 11) is 0. The first-order valence-corrected chi connectivity index (χ1v) is 6.43. The molecule has 0 atom stereocenters. The Morgan fingerprint density at radius 3 is 2.48 bits per heavy atom. The molecule has 0 aliphatic rings. The van der Waals surface area contributed by atoms with Crippen molar-refractivity contribution in [2.45, 2.75) is 6.92 Å². The number of nitrogens with zero attached hydrogens (tertiary/aromatic N) is 1. The summed E-state index contributed by atoms with van der Waals surface area (Å²) in [5, 5.41) is 18.6. The zero-order valence-electron chi connectivity index (χ0n) is 11.5. The maximum absolute atomic E-state index is 11.5. The topological polar surface area (TPSA) is 79.1 Å². The van der Waals surface area contributed by atoms with E-state index in [0.29, 0.717) is 23.4 Å². The summed E-state index contributed by atoms with van der Waals surface area (Å²) in [6.45, 7) is 2.09. The maximum Gasteiger partial charge on any atom is 0.338 e. The van der Waals surface area contributed by atoms with Gasteiger partial charge in [0.05, 0.1) is 17.9 Å². The van der Waals surface area contributed by atoms with E-state index in [0.717, 1.165) is 0 Å². The average Bonchev–Trinajstić information content (AvgIpc) is 2.49. The van der Waals surface area contributed by atoms with Crippen molar-refractivity contribution in [3.63, 3.8) is 0 Å². The molecule has 2 aromatic carbocycles. The van der Waals surface area contributed by atoms with Crippen LogP contribution in [0.3, 0.4) is 0 Å². The number of rotatable bonds is 4. The lowest BCUT2D eigenvalue weighted by atomic mass is 10.2. The molecule has 0 saturated heterocycles. The average molecular weight is 285 g/mol. The zero-order chi connectivity index (χ0) is 15.2. The Morgan fingerprint density at radius 1 is 1.14 bits per heavy atom. The Kier molecular flexibility index (Phi) is 4.56. The van der Waals surface area contributed by atoms with Gasteiger partial charge in [-0.3, -0.25) is 4.99 Å². The van der Waals surface area contributed by atoms with Crippen LogP contribution >= 0.6 is 0 Å². The van der Waals surface area contributed by atoms with Crippen molar-refractivity contribution in [2.24, 2.45) is 4.99 Å². The first kappa shape index (κ1) is 14.6. The third-order valence-electron chi connectivity index (χ3n) is 2.74. The van der Waals surface area contributed by atoms with Gasteiger partial charge in [0.1, 0.15) is 0 Å². The summed E-state index contributed by atoms with van der Waals surface area (Å²) in [4.78, 5) is 15.7. The molecule has 108 valence electrons. The fourth-order valence-corrected chi connectivity index (χ4v) is 1.67. The van der Waals surface area contributed by atoms with Gasteiger partial charge in [-0.2, -0.15) is 0 Å². The highest BCUT2D eigenvalue weighted by Crippen LogP contribution is 2.24. The van der Waals surface area contributed by atoms with E-state index >= 15 is 0 Å². The Hall–Kier alpha value is -2.82. The van der Waals surface area contributed by atoms with Gasteiger partial charge in [-0.1, -0.05) is 0 Å². The van der Waals surface area contributed by atoms with Crippen molar-refractivity contribution in [2.75, 3.05) is 6.61 Å². The standard InChI is InChI=1S/C16H15NO4/c1-2-21-16(20)12-4-6-13(7-5-12)17-10-11-3-8-14(18)15(19)9-11/h3-10,18-19H,2H2,1H3. The fourth-order valence-electron chi connectivity index (χ4n) is 1.67. The third kappa shape index (κ3) is 3.82. The molecule has 0 radical (unpaired) electrons. The number of hydrogen-bond acceptors (Lipinski definition) is 5. The van der Waals surface area contributed by atoms with Crippen molar-refractivity contribution in [3.05, 3.63) is 53.6 Å². The van der Waals surface area contributed by atoms with Crippen LogP contribution in [0, 0.1) is 0 Å². The van der Waals surface area contributed by atoms with Crippen molar-refractivity contribution in [1.29, 1.82) is 0 Å². The van der Waals surface area contributed by atoms with Crippen molar-refractivity contribution in [3.8, 4) is 11.5 Å². The van der Waals surface area contributed by atoms with E-state index in [1.807, 2.05) is 0 Å². The number of esters is 1. The molecule has 0 aliphatic heterocycles. The minimum Gasteiger partial charge on any atom is -0.504 e. The third-order valence-corrected chi connectivity index (χ3v) is 2.74. The second-order valence-electron chi connectivity index (χ2n) is 4.27. The minimum atomic E-state index is -0.364. The molecule has 2 aromatic rings.